The fourth-order valence-electron chi connectivity index (χ4n) is 2.90. The summed E-state index contributed by atoms with van der Waals surface area (Å²) in [5.41, 5.74) is 2.93. The first-order valence-electron chi connectivity index (χ1n) is 7.91. The Labute approximate surface area is 134 Å². The summed E-state index contributed by atoms with van der Waals surface area (Å²) < 4.78 is 5.39. The number of H-pyrrole nitrogens is 1. The molecular weight excluding hydrogens is 290 g/mol. The van der Waals surface area contributed by atoms with E-state index in [0.29, 0.717) is 6.04 Å². The molecule has 1 saturated heterocycles. The lowest BCUT2D eigenvalue weighted by molar-refractivity contribution is 0.0904. The van der Waals surface area contributed by atoms with Crippen LogP contribution in [-0.2, 0) is 4.74 Å². The van der Waals surface area contributed by atoms with Crippen molar-refractivity contribution in [3.05, 3.63) is 36.4 Å². The van der Waals surface area contributed by atoms with Crippen molar-refractivity contribution in [2.24, 2.45) is 0 Å². The largest absolute Gasteiger partial charge is 0.381 e. The van der Waals surface area contributed by atoms with E-state index in [2.05, 4.69) is 37.4 Å². The molecule has 3 aromatic heterocycles. The normalized spacial score (nSPS) is 15.9. The van der Waals surface area contributed by atoms with Gasteiger partial charge in [-0.3, -0.25) is 0 Å². The molecule has 4 heterocycles. The van der Waals surface area contributed by atoms with Crippen LogP contribution in [0.15, 0.2) is 30.6 Å². The van der Waals surface area contributed by atoms with E-state index in [-0.39, 0.29) is 0 Å². The number of nitrogens with one attached hydrogen (secondary N) is 2. The minimum Gasteiger partial charge on any atom is -0.381 e. The molecule has 4 rings (SSSR count). The zero-order valence-electron chi connectivity index (χ0n) is 13.0. The van der Waals surface area contributed by atoms with E-state index < -0.39 is 0 Å². The standard InChI is InChI=1S/C17H19N5O/c1-11-18-5-2-14(20-11)16-8-12-10-19-17(9-15(12)22-16)21-13-3-6-23-7-4-13/h2,5,8-10,13,22H,3-4,6-7H2,1H3,(H,19,21). The number of hydrogen-bond acceptors (Lipinski definition) is 5. The Morgan fingerprint density at radius 3 is 2.91 bits per heavy atom. The average Bonchev–Trinajstić information content (AvgIpc) is 2.99. The summed E-state index contributed by atoms with van der Waals surface area (Å²) in [5, 5.41) is 4.57. The van der Waals surface area contributed by atoms with Crippen molar-refractivity contribution in [2.75, 3.05) is 18.5 Å². The quantitative estimate of drug-likeness (QED) is 0.778. The van der Waals surface area contributed by atoms with E-state index in [9.17, 15) is 0 Å². The molecule has 23 heavy (non-hydrogen) atoms. The van der Waals surface area contributed by atoms with Crippen molar-refractivity contribution < 1.29 is 4.74 Å². The van der Waals surface area contributed by atoms with Crippen LogP contribution in [0.25, 0.3) is 22.3 Å². The van der Waals surface area contributed by atoms with E-state index in [4.69, 9.17) is 4.74 Å². The van der Waals surface area contributed by atoms with Crippen molar-refractivity contribution in [3.8, 4) is 11.4 Å². The summed E-state index contributed by atoms with van der Waals surface area (Å²) in [6.45, 7) is 3.53. The van der Waals surface area contributed by atoms with Gasteiger partial charge in [0, 0.05) is 43.1 Å². The summed E-state index contributed by atoms with van der Waals surface area (Å²) in [6.07, 6.45) is 5.72. The van der Waals surface area contributed by atoms with Gasteiger partial charge in [-0.05, 0) is 31.9 Å². The smallest absolute Gasteiger partial charge is 0.128 e. The Bertz CT molecular complexity index is 823. The number of aromatic amines is 1. The van der Waals surface area contributed by atoms with Gasteiger partial charge in [-0.1, -0.05) is 0 Å². The van der Waals surface area contributed by atoms with Crippen LogP contribution >= 0.6 is 0 Å². The average molecular weight is 309 g/mol. The molecule has 2 N–H and O–H groups in total. The fraction of sp³-hybridized carbons (Fsp3) is 0.353. The molecule has 0 aromatic carbocycles. The molecule has 0 aliphatic carbocycles. The number of ether oxygens (including phenoxy) is 1. The SMILES string of the molecule is Cc1nccc(-c2cc3cnc(NC4CCOCC4)cc3[nH]2)n1. The van der Waals surface area contributed by atoms with Crippen molar-refractivity contribution >= 4 is 16.7 Å². The van der Waals surface area contributed by atoms with Gasteiger partial charge < -0.3 is 15.0 Å². The lowest BCUT2D eigenvalue weighted by Gasteiger charge is -2.23. The van der Waals surface area contributed by atoms with Gasteiger partial charge in [0.05, 0.1) is 16.9 Å². The predicted molar refractivity (Wildman–Crippen MR) is 89.3 cm³/mol. The van der Waals surface area contributed by atoms with Gasteiger partial charge in [-0.25, -0.2) is 15.0 Å². The van der Waals surface area contributed by atoms with E-state index in [1.54, 1.807) is 6.20 Å². The van der Waals surface area contributed by atoms with Crippen molar-refractivity contribution in [1.29, 1.82) is 0 Å². The Morgan fingerprint density at radius 2 is 2.09 bits per heavy atom. The third-order valence-electron chi connectivity index (χ3n) is 4.13. The van der Waals surface area contributed by atoms with Gasteiger partial charge in [-0.15, -0.1) is 0 Å². The lowest BCUT2D eigenvalue weighted by Crippen LogP contribution is -2.28. The minimum atomic E-state index is 0.438. The fourth-order valence-corrected chi connectivity index (χ4v) is 2.90. The zero-order valence-corrected chi connectivity index (χ0v) is 13.0. The van der Waals surface area contributed by atoms with Gasteiger partial charge in [-0.2, -0.15) is 0 Å². The number of rotatable bonds is 3. The number of pyridine rings is 1. The second kappa shape index (κ2) is 5.96. The van der Waals surface area contributed by atoms with Gasteiger partial charge >= 0.3 is 0 Å². The molecule has 1 aliphatic heterocycles. The molecule has 6 nitrogen and oxygen atoms in total. The first kappa shape index (κ1) is 14.1. The molecule has 1 aliphatic rings. The first-order valence-corrected chi connectivity index (χ1v) is 7.91. The number of fused-ring (bicyclic) bond motifs is 1. The highest BCUT2D eigenvalue weighted by molar-refractivity contribution is 5.86. The van der Waals surface area contributed by atoms with E-state index in [0.717, 1.165) is 60.0 Å². The third-order valence-corrected chi connectivity index (χ3v) is 4.13. The Hall–Kier alpha value is -2.47. The Balaban J connectivity index is 1.61. The molecule has 0 bridgehead atoms. The number of anilines is 1. The molecule has 0 radical (unpaired) electrons. The van der Waals surface area contributed by atoms with Crippen LogP contribution in [0.3, 0.4) is 0 Å². The van der Waals surface area contributed by atoms with Crippen LogP contribution in [0.1, 0.15) is 18.7 Å². The topological polar surface area (TPSA) is 75.7 Å². The molecule has 1 fully saturated rings. The monoisotopic (exact) mass is 309 g/mol. The second-order valence-electron chi connectivity index (χ2n) is 5.86. The number of aromatic nitrogens is 4. The summed E-state index contributed by atoms with van der Waals surface area (Å²) in [5.74, 6) is 1.66. The lowest BCUT2D eigenvalue weighted by atomic mass is 10.1. The van der Waals surface area contributed by atoms with Gasteiger partial charge in [0.25, 0.3) is 0 Å². The highest BCUT2D eigenvalue weighted by atomic mass is 16.5. The van der Waals surface area contributed by atoms with Gasteiger partial charge in [0.15, 0.2) is 0 Å². The predicted octanol–water partition coefficient (Wildman–Crippen LogP) is 2.92. The van der Waals surface area contributed by atoms with E-state index in [1.165, 1.54) is 0 Å². The molecule has 0 atom stereocenters. The molecule has 0 unspecified atom stereocenters. The highest BCUT2D eigenvalue weighted by Crippen LogP contribution is 2.24. The summed E-state index contributed by atoms with van der Waals surface area (Å²) in [4.78, 5) is 16.5. The molecule has 0 amide bonds. The highest BCUT2D eigenvalue weighted by Gasteiger charge is 2.14. The Kier molecular flexibility index (Phi) is 3.67. The van der Waals surface area contributed by atoms with E-state index in [1.807, 2.05) is 19.2 Å². The summed E-state index contributed by atoms with van der Waals surface area (Å²) in [6, 6.07) is 6.48. The Morgan fingerprint density at radius 1 is 1.22 bits per heavy atom. The summed E-state index contributed by atoms with van der Waals surface area (Å²) >= 11 is 0. The van der Waals surface area contributed by atoms with Crippen molar-refractivity contribution in [2.45, 2.75) is 25.8 Å². The molecule has 3 aromatic rings. The maximum Gasteiger partial charge on any atom is 0.128 e. The van der Waals surface area contributed by atoms with Crippen LogP contribution in [-0.4, -0.2) is 39.2 Å². The zero-order chi connectivity index (χ0) is 15.6. The number of nitrogens with zero attached hydrogens (tertiary/aromatic N) is 3. The van der Waals surface area contributed by atoms with Crippen LogP contribution in [0, 0.1) is 6.92 Å². The van der Waals surface area contributed by atoms with Crippen LogP contribution in [0.2, 0.25) is 0 Å². The van der Waals surface area contributed by atoms with Crippen molar-refractivity contribution in [1.82, 2.24) is 19.9 Å². The number of hydrogen-bond donors (Lipinski definition) is 2. The van der Waals surface area contributed by atoms with Crippen molar-refractivity contribution in [3.63, 3.8) is 0 Å². The molecular formula is C17H19N5O. The third kappa shape index (κ3) is 3.03. The minimum absolute atomic E-state index is 0.438. The molecule has 118 valence electrons. The van der Waals surface area contributed by atoms with Crippen LogP contribution in [0.5, 0.6) is 0 Å². The van der Waals surface area contributed by atoms with Gasteiger partial charge in [0.2, 0.25) is 0 Å². The van der Waals surface area contributed by atoms with Crippen LogP contribution in [0.4, 0.5) is 5.82 Å². The van der Waals surface area contributed by atoms with Gasteiger partial charge in [0.1, 0.15) is 11.6 Å². The molecule has 0 saturated carbocycles. The molecule has 0 spiro atoms. The first-order chi connectivity index (χ1) is 11.3. The second-order valence-corrected chi connectivity index (χ2v) is 5.86. The maximum absolute atomic E-state index is 5.39. The summed E-state index contributed by atoms with van der Waals surface area (Å²) in [7, 11) is 0. The van der Waals surface area contributed by atoms with E-state index >= 15 is 0 Å². The molecule has 6 heteroatoms. The number of aryl methyl sites for hydroxylation is 1. The maximum atomic E-state index is 5.39. The van der Waals surface area contributed by atoms with Crippen LogP contribution < -0.4 is 5.32 Å².